The van der Waals surface area contributed by atoms with Crippen LogP contribution in [-0.2, 0) is 11.2 Å². The molecule has 2 N–H and O–H groups in total. The first-order valence-corrected chi connectivity index (χ1v) is 10.00. The van der Waals surface area contributed by atoms with Gasteiger partial charge in [0.2, 0.25) is 5.91 Å². The Morgan fingerprint density at radius 1 is 1.25 bits per heavy atom. The molecule has 1 aromatic heterocycles. The molecule has 0 aliphatic carbocycles. The van der Waals surface area contributed by atoms with Crippen LogP contribution < -0.4 is 15.4 Å². The quantitative estimate of drug-likeness (QED) is 0.652. The number of hydrogen-bond donors (Lipinski definition) is 2. The van der Waals surface area contributed by atoms with Crippen LogP contribution in [0.15, 0.2) is 29.6 Å². The maximum absolute atomic E-state index is 12.1. The van der Waals surface area contributed by atoms with Gasteiger partial charge >= 0.3 is 0 Å². The van der Waals surface area contributed by atoms with Crippen molar-refractivity contribution in [1.82, 2.24) is 20.5 Å². The van der Waals surface area contributed by atoms with Gasteiger partial charge in [0.15, 0.2) is 0 Å². The molecule has 0 radical (unpaired) electrons. The van der Waals surface area contributed by atoms with Crippen LogP contribution in [0.3, 0.4) is 0 Å². The van der Waals surface area contributed by atoms with Crippen LogP contribution in [0, 0.1) is 0 Å². The van der Waals surface area contributed by atoms with E-state index < -0.39 is 0 Å². The third-order valence-electron chi connectivity index (χ3n) is 4.27. The third-order valence-corrected chi connectivity index (χ3v) is 5.21. The number of piperazine rings is 1. The fraction of sp³-hybridized carbons (Fsp3) is 0.474. The number of thiazole rings is 1. The van der Waals surface area contributed by atoms with Crippen molar-refractivity contribution in [2.75, 3.05) is 45.9 Å². The van der Waals surface area contributed by atoms with Crippen molar-refractivity contribution in [2.45, 2.75) is 13.3 Å². The maximum Gasteiger partial charge on any atom is 0.226 e. The molecule has 156 valence electrons. The molecule has 1 fully saturated rings. The molecule has 6 nitrogen and oxygen atoms in total. The summed E-state index contributed by atoms with van der Waals surface area (Å²) in [6, 6.07) is 7.90. The van der Waals surface area contributed by atoms with Crippen molar-refractivity contribution in [2.24, 2.45) is 0 Å². The third kappa shape index (κ3) is 7.56. The Hall–Kier alpha value is -1.38. The molecule has 0 bridgehead atoms. The molecule has 9 heteroatoms. The van der Waals surface area contributed by atoms with Gasteiger partial charge in [-0.3, -0.25) is 9.69 Å². The summed E-state index contributed by atoms with van der Waals surface area (Å²) in [6.07, 6.45) is 0.328. The van der Waals surface area contributed by atoms with Crippen LogP contribution >= 0.6 is 36.2 Å². The van der Waals surface area contributed by atoms with Crippen LogP contribution in [0.5, 0.6) is 5.75 Å². The lowest BCUT2D eigenvalue weighted by atomic mass is 10.2. The number of carbonyl (C=O) groups excluding carboxylic acids is 1. The van der Waals surface area contributed by atoms with Gasteiger partial charge in [-0.2, -0.15) is 0 Å². The largest absolute Gasteiger partial charge is 0.494 e. The van der Waals surface area contributed by atoms with E-state index in [0.717, 1.165) is 54.7 Å². The number of ether oxygens (including phenoxy) is 1. The molecule has 0 unspecified atom stereocenters. The minimum Gasteiger partial charge on any atom is -0.494 e. The summed E-state index contributed by atoms with van der Waals surface area (Å²) >= 11 is 1.56. The summed E-state index contributed by atoms with van der Waals surface area (Å²) in [5.74, 6) is 0.889. The van der Waals surface area contributed by atoms with Gasteiger partial charge in [0.05, 0.1) is 18.7 Å². The Bertz CT molecular complexity index is 706. The lowest BCUT2D eigenvalue weighted by Crippen LogP contribution is -2.46. The molecule has 2 aromatic rings. The van der Waals surface area contributed by atoms with Crippen molar-refractivity contribution in [3.8, 4) is 16.3 Å². The first kappa shape index (κ1) is 24.7. The highest BCUT2D eigenvalue weighted by atomic mass is 35.5. The molecule has 0 spiro atoms. The van der Waals surface area contributed by atoms with E-state index in [0.29, 0.717) is 19.6 Å². The Labute approximate surface area is 182 Å². The van der Waals surface area contributed by atoms with Crippen molar-refractivity contribution in [3.05, 3.63) is 35.3 Å². The van der Waals surface area contributed by atoms with E-state index in [2.05, 4.69) is 20.5 Å². The number of rotatable bonds is 8. The highest BCUT2D eigenvalue weighted by Crippen LogP contribution is 2.25. The van der Waals surface area contributed by atoms with Crippen LogP contribution in [0.25, 0.3) is 10.6 Å². The number of hydrogen-bond acceptors (Lipinski definition) is 6. The number of nitrogens with zero attached hydrogens (tertiary/aromatic N) is 2. The molecule has 1 aromatic carbocycles. The molecule has 28 heavy (non-hydrogen) atoms. The number of amides is 1. The smallest absolute Gasteiger partial charge is 0.226 e. The van der Waals surface area contributed by atoms with E-state index in [9.17, 15) is 4.79 Å². The summed E-state index contributed by atoms with van der Waals surface area (Å²) in [5, 5.41) is 9.21. The molecule has 2 heterocycles. The zero-order chi connectivity index (χ0) is 18.2. The van der Waals surface area contributed by atoms with Crippen LogP contribution in [0.1, 0.15) is 12.6 Å². The summed E-state index contributed by atoms with van der Waals surface area (Å²) in [4.78, 5) is 19.1. The molecule has 3 rings (SSSR count). The summed E-state index contributed by atoms with van der Waals surface area (Å²) in [5.41, 5.74) is 1.86. The predicted molar refractivity (Wildman–Crippen MR) is 119 cm³/mol. The minimum absolute atomic E-state index is 0. The summed E-state index contributed by atoms with van der Waals surface area (Å²) in [7, 11) is 0. The molecule has 1 amide bonds. The molecule has 0 atom stereocenters. The lowest BCUT2D eigenvalue weighted by Gasteiger charge is -2.27. The van der Waals surface area contributed by atoms with E-state index in [1.54, 1.807) is 11.3 Å². The van der Waals surface area contributed by atoms with E-state index >= 15 is 0 Å². The van der Waals surface area contributed by atoms with Crippen molar-refractivity contribution in [1.29, 1.82) is 0 Å². The van der Waals surface area contributed by atoms with E-state index in [1.807, 2.05) is 36.6 Å². The van der Waals surface area contributed by atoms with Crippen molar-refractivity contribution in [3.63, 3.8) is 0 Å². The van der Waals surface area contributed by atoms with E-state index in [-0.39, 0.29) is 30.7 Å². The SMILES string of the molecule is CCOc1ccc(-c2nc(CC(=O)NCCN3CCNCC3)cs2)cc1.Cl.Cl. The van der Waals surface area contributed by atoms with Crippen LogP contribution in [-0.4, -0.2) is 61.7 Å². The number of halogens is 2. The van der Waals surface area contributed by atoms with Crippen molar-refractivity contribution >= 4 is 42.1 Å². The second kappa shape index (κ2) is 13.0. The maximum atomic E-state index is 12.1. The van der Waals surface area contributed by atoms with Gasteiger partial charge in [0.1, 0.15) is 10.8 Å². The first-order chi connectivity index (χ1) is 12.7. The summed E-state index contributed by atoms with van der Waals surface area (Å²) < 4.78 is 5.46. The van der Waals surface area contributed by atoms with Crippen LogP contribution in [0.2, 0.25) is 0 Å². The molecular formula is C19H28Cl2N4O2S. The number of aromatic nitrogens is 1. The van der Waals surface area contributed by atoms with Crippen LogP contribution in [0.4, 0.5) is 0 Å². The van der Waals surface area contributed by atoms with Gasteiger partial charge in [-0.25, -0.2) is 4.98 Å². The Balaban J connectivity index is 0.00000196. The average Bonchev–Trinajstić information content (AvgIpc) is 3.12. The normalized spacial score (nSPS) is 13.9. The molecule has 0 saturated carbocycles. The van der Waals surface area contributed by atoms with Gasteiger partial charge in [0.25, 0.3) is 0 Å². The van der Waals surface area contributed by atoms with E-state index in [4.69, 9.17) is 4.74 Å². The first-order valence-electron chi connectivity index (χ1n) is 9.12. The number of nitrogens with one attached hydrogen (secondary N) is 2. The predicted octanol–water partition coefficient (Wildman–Crippen LogP) is 2.62. The highest BCUT2D eigenvalue weighted by molar-refractivity contribution is 7.13. The second-order valence-electron chi connectivity index (χ2n) is 6.22. The van der Waals surface area contributed by atoms with Gasteiger partial charge in [-0.15, -0.1) is 36.2 Å². The standard InChI is InChI=1S/C19H26N4O2S.2ClH/c1-2-25-17-5-3-15(4-6-17)19-22-16(14-26-19)13-18(24)21-9-12-23-10-7-20-8-11-23;;/h3-6,14,20H,2,7-13H2,1H3,(H,21,24);2*1H. The van der Waals surface area contributed by atoms with Crippen molar-refractivity contribution < 1.29 is 9.53 Å². The monoisotopic (exact) mass is 446 g/mol. The molecule has 1 aliphatic rings. The van der Waals surface area contributed by atoms with E-state index in [1.165, 1.54) is 0 Å². The van der Waals surface area contributed by atoms with Gasteiger partial charge in [0, 0.05) is 50.2 Å². The second-order valence-corrected chi connectivity index (χ2v) is 7.08. The summed E-state index contributed by atoms with van der Waals surface area (Å²) in [6.45, 7) is 8.37. The zero-order valence-electron chi connectivity index (χ0n) is 16.0. The lowest BCUT2D eigenvalue weighted by molar-refractivity contribution is -0.120. The highest BCUT2D eigenvalue weighted by Gasteiger charge is 2.11. The molecular weight excluding hydrogens is 419 g/mol. The minimum atomic E-state index is 0. The van der Waals surface area contributed by atoms with Gasteiger partial charge < -0.3 is 15.4 Å². The Morgan fingerprint density at radius 3 is 2.64 bits per heavy atom. The number of carbonyl (C=O) groups is 1. The topological polar surface area (TPSA) is 66.5 Å². The Kier molecular flexibility index (Phi) is 11.4. The fourth-order valence-corrected chi connectivity index (χ4v) is 3.72. The average molecular weight is 447 g/mol. The molecule has 1 saturated heterocycles. The van der Waals surface area contributed by atoms with Gasteiger partial charge in [-0.1, -0.05) is 0 Å². The molecule has 1 aliphatic heterocycles. The number of benzene rings is 1. The Morgan fingerprint density at radius 2 is 1.96 bits per heavy atom. The zero-order valence-corrected chi connectivity index (χ0v) is 18.4. The van der Waals surface area contributed by atoms with Gasteiger partial charge in [-0.05, 0) is 31.2 Å². The fourth-order valence-electron chi connectivity index (χ4n) is 2.90.